The van der Waals surface area contributed by atoms with E-state index in [1.54, 1.807) is 0 Å². The van der Waals surface area contributed by atoms with Gasteiger partial charge in [-0.15, -0.1) is 0 Å². The minimum absolute atomic E-state index is 0.542. The van der Waals surface area contributed by atoms with Gasteiger partial charge in [-0.05, 0) is 55.5 Å². The molecule has 2 heteroatoms. The van der Waals surface area contributed by atoms with E-state index in [1.807, 2.05) is 0 Å². The second-order valence-corrected chi connectivity index (χ2v) is 5.28. The molecule has 0 saturated carbocycles. The molecule has 0 radical (unpaired) electrons. The van der Waals surface area contributed by atoms with Gasteiger partial charge in [-0.1, -0.05) is 19.9 Å². The number of rotatable bonds is 4. The topological polar surface area (TPSA) is 21.3 Å². The molecule has 0 unspecified atom stereocenters. The Kier molecular flexibility index (Phi) is 4.06. The highest BCUT2D eigenvalue weighted by Gasteiger charge is 2.14. The van der Waals surface area contributed by atoms with Crippen LogP contribution in [0.1, 0.15) is 43.7 Å². The molecule has 0 aromatic heterocycles. The summed E-state index contributed by atoms with van der Waals surface area (Å²) in [7, 11) is 0. The van der Waals surface area contributed by atoms with E-state index in [2.05, 4.69) is 44.3 Å². The Morgan fingerprint density at radius 1 is 1.41 bits per heavy atom. The van der Waals surface area contributed by atoms with Crippen molar-refractivity contribution in [1.29, 1.82) is 0 Å². The lowest BCUT2D eigenvalue weighted by molar-refractivity contribution is 0.277. The van der Waals surface area contributed by atoms with Crippen LogP contribution >= 0.6 is 0 Å². The van der Waals surface area contributed by atoms with E-state index in [4.69, 9.17) is 4.74 Å². The third kappa shape index (κ3) is 3.22. The van der Waals surface area contributed by atoms with Crippen molar-refractivity contribution in [3.8, 4) is 5.75 Å². The van der Waals surface area contributed by atoms with Gasteiger partial charge < -0.3 is 10.1 Å². The fraction of sp³-hybridized carbons (Fsp3) is 0.600. The molecule has 1 atom stereocenters. The molecule has 1 saturated heterocycles. The Labute approximate surface area is 104 Å². The first-order valence-corrected chi connectivity index (χ1v) is 6.63. The molecule has 1 aliphatic heterocycles. The third-order valence-corrected chi connectivity index (χ3v) is 3.48. The number of hydrogen-bond donors (Lipinski definition) is 1. The van der Waals surface area contributed by atoms with Crippen LogP contribution in [0.4, 0.5) is 0 Å². The molecular weight excluding hydrogens is 210 g/mol. The van der Waals surface area contributed by atoms with Crippen LogP contribution in [-0.2, 0) is 0 Å². The van der Waals surface area contributed by atoms with Gasteiger partial charge >= 0.3 is 0 Å². The summed E-state index contributed by atoms with van der Waals surface area (Å²) in [6, 6.07) is 6.99. The lowest BCUT2D eigenvalue weighted by Crippen LogP contribution is -2.28. The van der Waals surface area contributed by atoms with Gasteiger partial charge in [0.2, 0.25) is 0 Å². The molecule has 0 amide bonds. The molecule has 1 aliphatic rings. The molecular formula is C15H23NO. The van der Waals surface area contributed by atoms with Crippen LogP contribution < -0.4 is 10.1 Å². The molecule has 94 valence electrons. The number of aryl methyl sites for hydroxylation is 1. The van der Waals surface area contributed by atoms with E-state index in [9.17, 15) is 0 Å². The second-order valence-electron chi connectivity index (χ2n) is 5.28. The summed E-state index contributed by atoms with van der Waals surface area (Å²) in [5, 5.41) is 3.45. The summed E-state index contributed by atoms with van der Waals surface area (Å²) in [6.07, 6.45) is 2.52. The first-order valence-electron chi connectivity index (χ1n) is 6.63. The van der Waals surface area contributed by atoms with Gasteiger partial charge in [-0.2, -0.15) is 0 Å². The van der Waals surface area contributed by atoms with E-state index >= 15 is 0 Å². The molecule has 0 spiro atoms. The van der Waals surface area contributed by atoms with Crippen molar-refractivity contribution < 1.29 is 4.74 Å². The van der Waals surface area contributed by atoms with Crippen LogP contribution in [-0.4, -0.2) is 19.2 Å². The maximum atomic E-state index is 5.84. The lowest BCUT2D eigenvalue weighted by Gasteiger charge is -2.15. The van der Waals surface area contributed by atoms with Crippen molar-refractivity contribution in [2.45, 2.75) is 45.6 Å². The maximum Gasteiger partial charge on any atom is 0.119 e. The fourth-order valence-electron chi connectivity index (χ4n) is 2.48. The molecule has 1 N–H and O–H groups in total. The van der Waals surface area contributed by atoms with Crippen molar-refractivity contribution in [3.63, 3.8) is 0 Å². The monoisotopic (exact) mass is 233 g/mol. The summed E-state index contributed by atoms with van der Waals surface area (Å²) in [5.74, 6) is 1.58. The number of hydrogen-bond acceptors (Lipinski definition) is 2. The second kappa shape index (κ2) is 5.54. The highest BCUT2D eigenvalue weighted by atomic mass is 16.5. The molecule has 0 aliphatic carbocycles. The minimum Gasteiger partial charge on any atom is -0.492 e. The van der Waals surface area contributed by atoms with E-state index in [1.165, 1.54) is 24.0 Å². The molecule has 2 rings (SSSR count). The van der Waals surface area contributed by atoms with Crippen molar-refractivity contribution >= 4 is 0 Å². The summed E-state index contributed by atoms with van der Waals surface area (Å²) >= 11 is 0. The van der Waals surface area contributed by atoms with Crippen LogP contribution in [0.3, 0.4) is 0 Å². The maximum absolute atomic E-state index is 5.84. The first-order chi connectivity index (χ1) is 8.16. The highest BCUT2D eigenvalue weighted by molar-refractivity contribution is 5.36. The molecule has 2 nitrogen and oxygen atoms in total. The summed E-state index contributed by atoms with van der Waals surface area (Å²) in [4.78, 5) is 0. The Bertz CT molecular complexity index is 367. The van der Waals surface area contributed by atoms with Crippen LogP contribution in [0.2, 0.25) is 0 Å². The zero-order valence-electron chi connectivity index (χ0n) is 11.1. The van der Waals surface area contributed by atoms with Crippen molar-refractivity contribution in [3.05, 3.63) is 29.3 Å². The number of nitrogens with one attached hydrogen (secondary N) is 1. The molecule has 1 heterocycles. The average Bonchev–Trinajstić information content (AvgIpc) is 2.78. The number of ether oxygens (including phenoxy) is 1. The molecule has 1 aromatic carbocycles. The lowest BCUT2D eigenvalue weighted by atomic mass is 9.98. The largest absolute Gasteiger partial charge is 0.492 e. The normalized spacial score (nSPS) is 19.9. The molecule has 17 heavy (non-hydrogen) atoms. The predicted molar refractivity (Wildman–Crippen MR) is 71.8 cm³/mol. The Morgan fingerprint density at radius 3 is 2.82 bits per heavy atom. The highest BCUT2D eigenvalue weighted by Crippen LogP contribution is 2.23. The van der Waals surface area contributed by atoms with Gasteiger partial charge in [0.15, 0.2) is 0 Å². The summed E-state index contributed by atoms with van der Waals surface area (Å²) < 4.78 is 5.84. The Balaban J connectivity index is 1.94. The molecule has 0 bridgehead atoms. The van der Waals surface area contributed by atoms with Crippen molar-refractivity contribution in [1.82, 2.24) is 5.32 Å². The van der Waals surface area contributed by atoms with Gasteiger partial charge in [0, 0.05) is 6.04 Å². The van der Waals surface area contributed by atoms with Gasteiger partial charge in [-0.25, -0.2) is 0 Å². The zero-order chi connectivity index (χ0) is 12.3. The quantitative estimate of drug-likeness (QED) is 0.862. The predicted octanol–water partition coefficient (Wildman–Crippen LogP) is 3.25. The third-order valence-electron chi connectivity index (χ3n) is 3.48. The van der Waals surface area contributed by atoms with Crippen LogP contribution in [0, 0.1) is 6.92 Å². The van der Waals surface area contributed by atoms with E-state index in [0.29, 0.717) is 12.0 Å². The van der Waals surface area contributed by atoms with Gasteiger partial charge in [0.1, 0.15) is 12.4 Å². The summed E-state index contributed by atoms with van der Waals surface area (Å²) in [6.45, 7) is 8.55. The van der Waals surface area contributed by atoms with Crippen LogP contribution in [0.5, 0.6) is 5.75 Å². The Hall–Kier alpha value is -1.02. The molecule has 1 aromatic rings. The first kappa shape index (κ1) is 12.4. The summed E-state index contributed by atoms with van der Waals surface area (Å²) in [5.41, 5.74) is 2.74. The standard InChI is InChI=1S/C15H23NO/c1-11(2)15-7-6-14(9-12(15)3)17-10-13-5-4-8-16-13/h6-7,9,11,13,16H,4-5,8,10H2,1-3H3/t13-/m0/s1. The SMILES string of the molecule is Cc1cc(OC[C@@H]2CCCN2)ccc1C(C)C. The minimum atomic E-state index is 0.542. The smallest absolute Gasteiger partial charge is 0.119 e. The van der Waals surface area contributed by atoms with E-state index < -0.39 is 0 Å². The fourth-order valence-corrected chi connectivity index (χ4v) is 2.48. The van der Waals surface area contributed by atoms with Gasteiger partial charge in [0.25, 0.3) is 0 Å². The van der Waals surface area contributed by atoms with Gasteiger partial charge in [-0.3, -0.25) is 0 Å². The zero-order valence-corrected chi connectivity index (χ0v) is 11.1. The van der Waals surface area contributed by atoms with Crippen LogP contribution in [0.25, 0.3) is 0 Å². The van der Waals surface area contributed by atoms with Crippen molar-refractivity contribution in [2.75, 3.05) is 13.2 Å². The average molecular weight is 233 g/mol. The van der Waals surface area contributed by atoms with E-state index in [-0.39, 0.29) is 0 Å². The number of benzene rings is 1. The van der Waals surface area contributed by atoms with Crippen molar-refractivity contribution in [2.24, 2.45) is 0 Å². The molecule has 1 fully saturated rings. The van der Waals surface area contributed by atoms with Gasteiger partial charge in [0.05, 0.1) is 0 Å². The van der Waals surface area contributed by atoms with Crippen LogP contribution in [0.15, 0.2) is 18.2 Å². The van der Waals surface area contributed by atoms with E-state index in [0.717, 1.165) is 18.9 Å². The Morgan fingerprint density at radius 2 is 2.24 bits per heavy atom.